The molecule has 1 fully saturated rings. The molecule has 14 heavy (non-hydrogen) atoms. The summed E-state index contributed by atoms with van der Waals surface area (Å²) in [5, 5.41) is 10.4. The Balaban J connectivity index is 2.30. The normalized spacial score (nSPS) is 14.3. The second-order valence-electron chi connectivity index (χ2n) is 3.47. The van der Waals surface area contributed by atoms with Crippen LogP contribution in [0, 0.1) is 17.2 Å². The van der Waals surface area contributed by atoms with Gasteiger partial charge in [0.1, 0.15) is 6.54 Å². The number of hydrogen-bond donors (Lipinski definition) is 1. The first kappa shape index (κ1) is 10.5. The van der Waals surface area contributed by atoms with Crippen LogP contribution in [0.1, 0.15) is 12.8 Å². The molecule has 76 valence electrons. The highest BCUT2D eigenvalue weighted by Crippen LogP contribution is 2.29. The largest absolute Gasteiger partial charge is 0.337 e. The van der Waals surface area contributed by atoms with Gasteiger partial charge in [-0.05, 0) is 18.8 Å². The lowest BCUT2D eigenvalue weighted by Crippen LogP contribution is -2.41. The zero-order chi connectivity index (χ0) is 10.6. The maximum absolute atomic E-state index is 11.3. The summed E-state index contributed by atoms with van der Waals surface area (Å²) in [5.41, 5.74) is 0. The number of nitrogens with zero attached hydrogens (tertiary/aromatic N) is 2. The second kappa shape index (κ2) is 4.61. The van der Waals surface area contributed by atoms with Gasteiger partial charge in [-0.2, -0.15) is 5.26 Å². The fourth-order valence-electron chi connectivity index (χ4n) is 1.14. The Hall–Kier alpha value is -1.57. The van der Waals surface area contributed by atoms with Gasteiger partial charge < -0.3 is 10.2 Å². The molecule has 0 aromatic rings. The molecule has 0 heterocycles. The predicted octanol–water partition coefficient (Wildman–Crippen LogP) is -0.505. The number of rotatable bonds is 3. The molecule has 2 amide bonds. The standard InChI is InChI=1S/C9H13N3O2/c1-12(6-7-2-3-7)9(14)8(13)11-5-4-10/h7H,2-3,5-6H2,1H3,(H,11,13). The van der Waals surface area contributed by atoms with Crippen LogP contribution in [0.4, 0.5) is 0 Å². The zero-order valence-corrected chi connectivity index (χ0v) is 8.12. The van der Waals surface area contributed by atoms with Crippen LogP contribution in [-0.2, 0) is 9.59 Å². The van der Waals surface area contributed by atoms with E-state index >= 15 is 0 Å². The summed E-state index contributed by atoms with van der Waals surface area (Å²) in [6.45, 7) is 0.515. The van der Waals surface area contributed by atoms with Gasteiger partial charge in [-0.3, -0.25) is 9.59 Å². The molecule has 0 bridgehead atoms. The highest BCUT2D eigenvalue weighted by molar-refractivity contribution is 6.34. The molecule has 0 spiro atoms. The van der Waals surface area contributed by atoms with Crippen molar-refractivity contribution in [1.29, 1.82) is 5.26 Å². The highest BCUT2D eigenvalue weighted by atomic mass is 16.2. The van der Waals surface area contributed by atoms with E-state index in [-0.39, 0.29) is 6.54 Å². The van der Waals surface area contributed by atoms with Gasteiger partial charge in [-0.1, -0.05) is 0 Å². The second-order valence-corrected chi connectivity index (χ2v) is 3.47. The Morgan fingerprint density at radius 2 is 2.21 bits per heavy atom. The Labute approximate surface area is 82.7 Å². The van der Waals surface area contributed by atoms with Crippen molar-refractivity contribution in [3.8, 4) is 6.07 Å². The lowest BCUT2D eigenvalue weighted by Gasteiger charge is -2.15. The topological polar surface area (TPSA) is 73.2 Å². The third kappa shape index (κ3) is 3.05. The van der Waals surface area contributed by atoms with E-state index in [1.54, 1.807) is 13.1 Å². The maximum atomic E-state index is 11.3. The van der Waals surface area contributed by atoms with E-state index in [0.29, 0.717) is 12.5 Å². The lowest BCUT2D eigenvalue weighted by atomic mass is 10.3. The molecule has 0 atom stereocenters. The molecule has 5 heteroatoms. The molecule has 0 aliphatic heterocycles. The molecule has 5 nitrogen and oxygen atoms in total. The number of nitrogens with one attached hydrogen (secondary N) is 1. The average Bonchev–Trinajstić information content (AvgIpc) is 2.96. The van der Waals surface area contributed by atoms with Crippen molar-refractivity contribution in [2.75, 3.05) is 20.1 Å². The number of hydrogen-bond acceptors (Lipinski definition) is 3. The van der Waals surface area contributed by atoms with E-state index in [0.717, 1.165) is 12.8 Å². The van der Waals surface area contributed by atoms with Crippen LogP contribution in [0.3, 0.4) is 0 Å². The van der Waals surface area contributed by atoms with Crippen LogP contribution in [0.2, 0.25) is 0 Å². The fourth-order valence-corrected chi connectivity index (χ4v) is 1.14. The summed E-state index contributed by atoms with van der Waals surface area (Å²) in [5.74, 6) is -0.699. The summed E-state index contributed by atoms with van der Waals surface area (Å²) in [6, 6.07) is 1.74. The summed E-state index contributed by atoms with van der Waals surface area (Å²) in [6.07, 6.45) is 2.27. The van der Waals surface area contributed by atoms with Crippen molar-refractivity contribution < 1.29 is 9.59 Å². The van der Waals surface area contributed by atoms with Gasteiger partial charge >= 0.3 is 11.8 Å². The molecule has 0 aromatic carbocycles. The van der Waals surface area contributed by atoms with Gasteiger partial charge in [0.15, 0.2) is 0 Å². The molecule has 1 aliphatic carbocycles. The Bertz CT molecular complexity index is 278. The quantitative estimate of drug-likeness (QED) is 0.487. The van der Waals surface area contributed by atoms with Crippen LogP contribution in [0.5, 0.6) is 0 Å². The molecule has 1 saturated carbocycles. The number of carbonyl (C=O) groups is 2. The first-order valence-corrected chi connectivity index (χ1v) is 4.55. The molecule has 0 radical (unpaired) electrons. The van der Waals surface area contributed by atoms with E-state index in [9.17, 15) is 9.59 Å². The molecule has 0 saturated heterocycles. The zero-order valence-electron chi connectivity index (χ0n) is 8.12. The van der Waals surface area contributed by atoms with Crippen LogP contribution < -0.4 is 5.32 Å². The number of amides is 2. The molecule has 1 N–H and O–H groups in total. The van der Waals surface area contributed by atoms with E-state index in [1.165, 1.54) is 4.90 Å². The van der Waals surface area contributed by atoms with Crippen LogP contribution in [-0.4, -0.2) is 36.9 Å². The molecule has 1 aliphatic rings. The third-order valence-electron chi connectivity index (χ3n) is 2.10. The summed E-state index contributed by atoms with van der Waals surface area (Å²) in [4.78, 5) is 23.8. The van der Waals surface area contributed by atoms with Crippen LogP contribution in [0.25, 0.3) is 0 Å². The van der Waals surface area contributed by atoms with Crippen LogP contribution in [0.15, 0.2) is 0 Å². The maximum Gasteiger partial charge on any atom is 0.311 e. The fraction of sp³-hybridized carbons (Fsp3) is 0.667. The van der Waals surface area contributed by atoms with E-state index in [4.69, 9.17) is 5.26 Å². The Kier molecular flexibility index (Phi) is 3.46. The summed E-state index contributed by atoms with van der Waals surface area (Å²) in [7, 11) is 1.60. The minimum Gasteiger partial charge on any atom is -0.337 e. The van der Waals surface area contributed by atoms with Gasteiger partial charge in [0.2, 0.25) is 0 Å². The summed E-state index contributed by atoms with van der Waals surface area (Å²) >= 11 is 0. The lowest BCUT2D eigenvalue weighted by molar-refractivity contribution is -0.144. The van der Waals surface area contributed by atoms with Crippen molar-refractivity contribution in [2.24, 2.45) is 5.92 Å². The minimum atomic E-state index is -0.699. The monoisotopic (exact) mass is 195 g/mol. The van der Waals surface area contributed by atoms with Crippen molar-refractivity contribution in [3.63, 3.8) is 0 Å². The van der Waals surface area contributed by atoms with Crippen LogP contribution >= 0.6 is 0 Å². The first-order valence-electron chi connectivity index (χ1n) is 4.55. The van der Waals surface area contributed by atoms with Crippen molar-refractivity contribution >= 4 is 11.8 Å². The van der Waals surface area contributed by atoms with Gasteiger partial charge in [-0.15, -0.1) is 0 Å². The number of carbonyl (C=O) groups excluding carboxylic acids is 2. The Morgan fingerprint density at radius 1 is 1.57 bits per heavy atom. The highest BCUT2D eigenvalue weighted by Gasteiger charge is 2.27. The first-order chi connectivity index (χ1) is 6.65. The SMILES string of the molecule is CN(CC1CC1)C(=O)C(=O)NCC#N. The van der Waals surface area contributed by atoms with Crippen molar-refractivity contribution in [3.05, 3.63) is 0 Å². The molecule has 1 rings (SSSR count). The molecular weight excluding hydrogens is 182 g/mol. The van der Waals surface area contributed by atoms with Gasteiger partial charge in [0.25, 0.3) is 0 Å². The number of likely N-dealkylation sites (N-methyl/N-ethyl adjacent to an activating group) is 1. The van der Waals surface area contributed by atoms with Gasteiger partial charge in [0, 0.05) is 13.6 Å². The number of nitriles is 1. The van der Waals surface area contributed by atoms with Crippen molar-refractivity contribution in [2.45, 2.75) is 12.8 Å². The molecular formula is C9H13N3O2. The minimum absolute atomic E-state index is 0.123. The summed E-state index contributed by atoms with van der Waals surface area (Å²) < 4.78 is 0. The molecule has 0 unspecified atom stereocenters. The smallest absolute Gasteiger partial charge is 0.311 e. The third-order valence-corrected chi connectivity index (χ3v) is 2.10. The van der Waals surface area contributed by atoms with E-state index in [1.807, 2.05) is 0 Å². The Morgan fingerprint density at radius 3 is 2.71 bits per heavy atom. The van der Waals surface area contributed by atoms with E-state index < -0.39 is 11.8 Å². The molecule has 0 aromatic heterocycles. The van der Waals surface area contributed by atoms with Gasteiger partial charge in [0.05, 0.1) is 6.07 Å². The van der Waals surface area contributed by atoms with Crippen molar-refractivity contribution in [1.82, 2.24) is 10.2 Å². The van der Waals surface area contributed by atoms with E-state index in [2.05, 4.69) is 5.32 Å². The predicted molar refractivity (Wildman–Crippen MR) is 49.0 cm³/mol. The van der Waals surface area contributed by atoms with Gasteiger partial charge in [-0.25, -0.2) is 0 Å². The average molecular weight is 195 g/mol.